The maximum atomic E-state index is 6.16. The molecule has 0 amide bonds. The molecule has 2 aromatic rings. The largest absolute Gasteiger partial charge is 0.373 e. The summed E-state index contributed by atoms with van der Waals surface area (Å²) in [5, 5.41) is 3.74. The quantitative estimate of drug-likeness (QED) is 0.926. The van der Waals surface area contributed by atoms with Gasteiger partial charge in [0.15, 0.2) is 0 Å². The molecular formula is C18H25N3O. The Balaban J connectivity index is 1.70. The minimum absolute atomic E-state index is 0.0555. The molecule has 4 nitrogen and oxygen atoms in total. The van der Waals surface area contributed by atoms with E-state index < -0.39 is 0 Å². The minimum Gasteiger partial charge on any atom is -0.373 e. The maximum absolute atomic E-state index is 6.16. The van der Waals surface area contributed by atoms with Crippen molar-refractivity contribution in [2.24, 2.45) is 0 Å². The number of hydrogen-bond donors (Lipinski definition) is 1. The number of anilines is 1. The van der Waals surface area contributed by atoms with E-state index in [0.717, 1.165) is 18.1 Å². The van der Waals surface area contributed by atoms with Gasteiger partial charge >= 0.3 is 0 Å². The molecule has 2 fully saturated rings. The Bertz CT molecular complexity index is 665. The Morgan fingerprint density at radius 3 is 2.86 bits per heavy atom. The number of hydrogen-bond acceptors (Lipinski definition) is 3. The lowest BCUT2D eigenvalue weighted by molar-refractivity contribution is 0.00253. The number of fused-ring (bicyclic) bond motifs is 1. The van der Waals surface area contributed by atoms with Crippen molar-refractivity contribution in [1.82, 2.24) is 9.55 Å². The molecule has 1 aliphatic carbocycles. The van der Waals surface area contributed by atoms with Gasteiger partial charge in [-0.25, -0.2) is 4.98 Å². The Morgan fingerprint density at radius 1 is 1.27 bits per heavy atom. The molecule has 1 N–H and O–H groups in total. The number of ether oxygens (including phenoxy) is 1. The van der Waals surface area contributed by atoms with Gasteiger partial charge in [-0.05, 0) is 58.1 Å². The lowest BCUT2D eigenvalue weighted by Crippen LogP contribution is -2.42. The van der Waals surface area contributed by atoms with Crippen LogP contribution in [-0.2, 0) is 4.74 Å². The van der Waals surface area contributed by atoms with E-state index in [2.05, 4.69) is 48.0 Å². The molecule has 1 aromatic carbocycles. The molecule has 1 saturated carbocycles. The van der Waals surface area contributed by atoms with Crippen LogP contribution < -0.4 is 5.32 Å². The second-order valence-corrected chi connectivity index (χ2v) is 6.99. The second-order valence-electron chi connectivity index (χ2n) is 6.99. The highest BCUT2D eigenvalue weighted by atomic mass is 16.5. The van der Waals surface area contributed by atoms with Crippen LogP contribution in [0.4, 0.5) is 5.95 Å². The van der Waals surface area contributed by atoms with Gasteiger partial charge in [-0.2, -0.15) is 0 Å². The molecule has 0 radical (unpaired) electrons. The van der Waals surface area contributed by atoms with Crippen LogP contribution >= 0.6 is 0 Å². The van der Waals surface area contributed by atoms with Crippen molar-refractivity contribution in [3.05, 3.63) is 24.3 Å². The fourth-order valence-corrected chi connectivity index (χ4v) is 4.26. The SMILES string of the molecule is CC(C)n1c(NC2CCCC23CCCO3)nc2ccccc21. The Morgan fingerprint density at radius 2 is 2.09 bits per heavy atom. The van der Waals surface area contributed by atoms with E-state index >= 15 is 0 Å². The zero-order valence-electron chi connectivity index (χ0n) is 13.5. The van der Waals surface area contributed by atoms with E-state index in [4.69, 9.17) is 9.72 Å². The third-order valence-corrected chi connectivity index (χ3v) is 5.28. The molecule has 2 aliphatic rings. The zero-order chi connectivity index (χ0) is 15.2. The predicted octanol–water partition coefficient (Wildman–Crippen LogP) is 4.13. The maximum Gasteiger partial charge on any atom is 0.204 e. The number of para-hydroxylation sites is 2. The summed E-state index contributed by atoms with van der Waals surface area (Å²) in [5.74, 6) is 0.998. The number of nitrogens with zero attached hydrogens (tertiary/aromatic N) is 2. The fourth-order valence-electron chi connectivity index (χ4n) is 4.26. The van der Waals surface area contributed by atoms with Crippen molar-refractivity contribution in [1.29, 1.82) is 0 Å². The first-order chi connectivity index (χ1) is 10.7. The van der Waals surface area contributed by atoms with Gasteiger partial charge in [0.2, 0.25) is 5.95 Å². The highest BCUT2D eigenvalue weighted by molar-refractivity contribution is 5.78. The second kappa shape index (κ2) is 5.27. The van der Waals surface area contributed by atoms with Crippen molar-refractivity contribution in [3.63, 3.8) is 0 Å². The summed E-state index contributed by atoms with van der Waals surface area (Å²) in [6.07, 6.45) is 6.00. The van der Waals surface area contributed by atoms with E-state index in [-0.39, 0.29) is 5.60 Å². The Kier molecular flexibility index (Phi) is 3.37. The Labute approximate surface area is 131 Å². The summed E-state index contributed by atoms with van der Waals surface area (Å²) >= 11 is 0. The Hall–Kier alpha value is -1.55. The molecule has 1 aliphatic heterocycles. The summed E-state index contributed by atoms with van der Waals surface area (Å²) in [6, 6.07) is 9.17. The molecule has 0 bridgehead atoms. The molecular weight excluding hydrogens is 274 g/mol. The molecule has 4 rings (SSSR count). The van der Waals surface area contributed by atoms with Crippen molar-refractivity contribution in [2.75, 3.05) is 11.9 Å². The number of rotatable bonds is 3. The number of nitrogens with one attached hydrogen (secondary N) is 1. The molecule has 1 saturated heterocycles. The van der Waals surface area contributed by atoms with Crippen LogP contribution in [-0.4, -0.2) is 27.8 Å². The van der Waals surface area contributed by atoms with Gasteiger partial charge in [0.05, 0.1) is 22.7 Å². The van der Waals surface area contributed by atoms with Gasteiger partial charge < -0.3 is 14.6 Å². The van der Waals surface area contributed by atoms with Crippen molar-refractivity contribution in [3.8, 4) is 0 Å². The topological polar surface area (TPSA) is 39.1 Å². The molecule has 2 atom stereocenters. The zero-order valence-corrected chi connectivity index (χ0v) is 13.5. The van der Waals surface area contributed by atoms with Gasteiger partial charge in [-0.15, -0.1) is 0 Å². The number of aromatic nitrogens is 2. The molecule has 1 aromatic heterocycles. The van der Waals surface area contributed by atoms with Crippen LogP contribution in [0.2, 0.25) is 0 Å². The first-order valence-corrected chi connectivity index (χ1v) is 8.57. The molecule has 2 heterocycles. The average Bonchev–Trinajstić information content (AvgIpc) is 3.20. The summed E-state index contributed by atoms with van der Waals surface area (Å²) in [6.45, 7) is 5.35. The summed E-state index contributed by atoms with van der Waals surface area (Å²) in [5.41, 5.74) is 2.33. The monoisotopic (exact) mass is 299 g/mol. The van der Waals surface area contributed by atoms with Crippen LogP contribution in [0.5, 0.6) is 0 Å². The van der Waals surface area contributed by atoms with Crippen LogP contribution in [0.25, 0.3) is 11.0 Å². The van der Waals surface area contributed by atoms with E-state index in [1.165, 1.54) is 37.6 Å². The molecule has 1 spiro atoms. The average molecular weight is 299 g/mol. The van der Waals surface area contributed by atoms with Crippen LogP contribution in [0, 0.1) is 0 Å². The van der Waals surface area contributed by atoms with E-state index in [1.54, 1.807) is 0 Å². The standard InChI is InChI=1S/C18H25N3O/c1-13(2)21-15-8-4-3-7-14(15)19-17(21)20-16-9-5-10-18(16)11-6-12-22-18/h3-4,7-8,13,16H,5-6,9-12H2,1-2H3,(H,19,20). The number of benzene rings is 1. The molecule has 4 heteroatoms. The summed E-state index contributed by atoms with van der Waals surface area (Å²) in [7, 11) is 0. The fraction of sp³-hybridized carbons (Fsp3) is 0.611. The molecule has 22 heavy (non-hydrogen) atoms. The van der Waals surface area contributed by atoms with E-state index in [0.29, 0.717) is 12.1 Å². The van der Waals surface area contributed by atoms with Gasteiger partial charge in [0.25, 0.3) is 0 Å². The minimum atomic E-state index is 0.0555. The van der Waals surface area contributed by atoms with Crippen molar-refractivity contribution < 1.29 is 4.74 Å². The third-order valence-electron chi connectivity index (χ3n) is 5.28. The van der Waals surface area contributed by atoms with Crippen molar-refractivity contribution in [2.45, 2.75) is 63.6 Å². The highest BCUT2D eigenvalue weighted by Crippen LogP contribution is 2.42. The van der Waals surface area contributed by atoms with Gasteiger partial charge in [0, 0.05) is 12.6 Å². The van der Waals surface area contributed by atoms with Crippen LogP contribution in [0.15, 0.2) is 24.3 Å². The van der Waals surface area contributed by atoms with Crippen LogP contribution in [0.1, 0.15) is 52.0 Å². The van der Waals surface area contributed by atoms with Crippen molar-refractivity contribution >= 4 is 17.0 Å². The highest BCUT2D eigenvalue weighted by Gasteiger charge is 2.46. The summed E-state index contributed by atoms with van der Waals surface area (Å²) in [4.78, 5) is 4.85. The van der Waals surface area contributed by atoms with Gasteiger partial charge in [-0.1, -0.05) is 12.1 Å². The van der Waals surface area contributed by atoms with Crippen LogP contribution in [0.3, 0.4) is 0 Å². The predicted molar refractivity (Wildman–Crippen MR) is 89.3 cm³/mol. The molecule has 118 valence electrons. The normalized spacial score (nSPS) is 28.2. The van der Waals surface area contributed by atoms with Gasteiger partial charge in [0.1, 0.15) is 0 Å². The van der Waals surface area contributed by atoms with E-state index in [1.807, 2.05) is 0 Å². The third kappa shape index (κ3) is 2.12. The first kappa shape index (κ1) is 14.1. The summed E-state index contributed by atoms with van der Waals surface area (Å²) < 4.78 is 8.48. The smallest absolute Gasteiger partial charge is 0.204 e. The van der Waals surface area contributed by atoms with Gasteiger partial charge in [-0.3, -0.25) is 0 Å². The molecule has 2 unspecified atom stereocenters. The lowest BCUT2D eigenvalue weighted by atomic mass is 9.94. The lowest BCUT2D eigenvalue weighted by Gasteiger charge is -2.31. The first-order valence-electron chi connectivity index (χ1n) is 8.57. The van der Waals surface area contributed by atoms with E-state index in [9.17, 15) is 0 Å². The number of imidazole rings is 1.